The van der Waals surface area contributed by atoms with E-state index in [1.807, 2.05) is 36.4 Å². The van der Waals surface area contributed by atoms with E-state index in [1.165, 1.54) is 5.56 Å². The number of aliphatic hydroxyl groups excluding tert-OH is 1. The quantitative estimate of drug-likeness (QED) is 0.207. The molecule has 11 heteroatoms. The molecule has 1 aliphatic rings. The van der Waals surface area contributed by atoms with Crippen LogP contribution in [0.1, 0.15) is 37.8 Å². The summed E-state index contributed by atoms with van der Waals surface area (Å²) in [5.74, 6) is 2.80. The first kappa shape index (κ1) is 32.5. The second-order valence-electron chi connectivity index (χ2n) is 10.5. The van der Waals surface area contributed by atoms with Crippen LogP contribution in [0.2, 0.25) is 0 Å². The van der Waals surface area contributed by atoms with Crippen molar-refractivity contribution in [3.05, 3.63) is 59.7 Å². The van der Waals surface area contributed by atoms with Crippen molar-refractivity contribution in [2.24, 2.45) is 26.4 Å². The Hall–Kier alpha value is -2.99. The van der Waals surface area contributed by atoms with E-state index in [0.29, 0.717) is 55.3 Å². The van der Waals surface area contributed by atoms with Gasteiger partial charge in [0.25, 0.3) is 11.2 Å². The maximum absolute atomic E-state index is 12.0. The Morgan fingerprint density at radius 1 is 0.976 bits per heavy atom. The number of methoxy groups -OCH3 is 2. The highest BCUT2D eigenvalue weighted by atomic mass is 32.2. The summed E-state index contributed by atoms with van der Waals surface area (Å²) in [6.07, 6.45) is 2.18. The Labute approximate surface area is 246 Å². The smallest absolute Gasteiger partial charge is 0.269 e. The van der Waals surface area contributed by atoms with E-state index in [1.54, 1.807) is 14.2 Å². The maximum Gasteiger partial charge on any atom is 0.269 e. The molecule has 1 aliphatic heterocycles. The van der Waals surface area contributed by atoms with Gasteiger partial charge < -0.3 is 35.7 Å². The van der Waals surface area contributed by atoms with Crippen molar-refractivity contribution in [1.29, 1.82) is 0 Å². The average Bonchev–Trinajstić information content (AvgIpc) is 3.33. The summed E-state index contributed by atoms with van der Waals surface area (Å²) in [4.78, 5) is 0. The van der Waals surface area contributed by atoms with E-state index < -0.39 is 23.3 Å². The molecule has 2 aromatic rings. The maximum atomic E-state index is 12.0. The van der Waals surface area contributed by atoms with Crippen molar-refractivity contribution in [3.8, 4) is 11.5 Å². The fourth-order valence-corrected chi connectivity index (χ4v) is 5.22. The summed E-state index contributed by atoms with van der Waals surface area (Å²) >= 11 is -1.69. The van der Waals surface area contributed by atoms with Gasteiger partial charge in [0.1, 0.15) is 0 Å². The van der Waals surface area contributed by atoms with Gasteiger partial charge in [-0.2, -0.15) is 0 Å². The Morgan fingerprint density at radius 3 is 2.39 bits per heavy atom. The molecule has 4 atom stereocenters. The van der Waals surface area contributed by atoms with Gasteiger partial charge in [-0.05, 0) is 54.4 Å². The van der Waals surface area contributed by atoms with Crippen LogP contribution in [-0.2, 0) is 28.8 Å². The molecular formula is C30H45N5O5S. The predicted octanol–water partition coefficient (Wildman–Crippen LogP) is 2.81. The second-order valence-corrected chi connectivity index (χ2v) is 11.3. The average molecular weight is 588 g/mol. The second kappa shape index (κ2) is 17.1. The van der Waals surface area contributed by atoms with Crippen molar-refractivity contribution in [1.82, 2.24) is 10.6 Å². The summed E-state index contributed by atoms with van der Waals surface area (Å²) in [6.45, 7) is 6.30. The van der Waals surface area contributed by atoms with Crippen LogP contribution >= 0.6 is 0 Å². The Morgan fingerprint density at radius 2 is 1.71 bits per heavy atom. The number of amidine groups is 2. The minimum Gasteiger partial charge on any atom is -0.493 e. The lowest BCUT2D eigenvalue weighted by molar-refractivity contribution is 0.129. The van der Waals surface area contributed by atoms with E-state index in [0.717, 1.165) is 24.8 Å². The molecule has 0 saturated heterocycles. The SMILES string of the molecule is COCCCOc1cc(CC(C[C@H](N)C(O)CNC2=NS(=O)N=C2NCCc2ccccc2)C(C)C)ccc1OC. The Balaban J connectivity index is 1.51. The molecule has 41 heavy (non-hydrogen) atoms. The van der Waals surface area contributed by atoms with Crippen LogP contribution in [-0.4, -0.2) is 73.7 Å². The van der Waals surface area contributed by atoms with Crippen molar-refractivity contribution >= 4 is 22.8 Å². The number of aliphatic hydroxyl groups is 1. The summed E-state index contributed by atoms with van der Waals surface area (Å²) < 4.78 is 36.6. The lowest BCUT2D eigenvalue weighted by Gasteiger charge is -2.27. The topological polar surface area (TPSA) is 140 Å². The highest BCUT2D eigenvalue weighted by Gasteiger charge is 2.25. The van der Waals surface area contributed by atoms with Crippen LogP contribution in [0.4, 0.5) is 0 Å². The van der Waals surface area contributed by atoms with E-state index in [-0.39, 0.29) is 12.5 Å². The molecule has 226 valence electrons. The van der Waals surface area contributed by atoms with E-state index >= 15 is 0 Å². The van der Waals surface area contributed by atoms with Gasteiger partial charge in [0.2, 0.25) is 0 Å². The summed E-state index contributed by atoms with van der Waals surface area (Å²) in [6, 6.07) is 15.6. The van der Waals surface area contributed by atoms with Gasteiger partial charge in [0.15, 0.2) is 23.2 Å². The number of hydrogen-bond donors (Lipinski definition) is 4. The molecule has 2 aromatic carbocycles. The number of nitrogens with two attached hydrogens (primary N) is 1. The highest BCUT2D eigenvalue weighted by molar-refractivity contribution is 7.83. The molecule has 0 saturated carbocycles. The molecular weight excluding hydrogens is 542 g/mol. The van der Waals surface area contributed by atoms with Crippen LogP contribution in [0.5, 0.6) is 11.5 Å². The lowest BCUT2D eigenvalue weighted by Crippen LogP contribution is -2.47. The first-order valence-electron chi connectivity index (χ1n) is 14.1. The molecule has 1 heterocycles. The van der Waals surface area contributed by atoms with Gasteiger partial charge in [-0.3, -0.25) is 0 Å². The minimum absolute atomic E-state index is 0.170. The Bertz CT molecular complexity index is 1160. The molecule has 0 spiro atoms. The van der Waals surface area contributed by atoms with Crippen molar-refractivity contribution in [2.75, 3.05) is 40.5 Å². The highest BCUT2D eigenvalue weighted by Crippen LogP contribution is 2.31. The molecule has 0 aromatic heterocycles. The van der Waals surface area contributed by atoms with Gasteiger partial charge in [-0.25, -0.2) is 4.21 Å². The molecule has 3 unspecified atom stereocenters. The fraction of sp³-hybridized carbons (Fsp3) is 0.533. The third-order valence-corrected chi connectivity index (χ3v) is 7.76. The van der Waals surface area contributed by atoms with Crippen LogP contribution in [0.15, 0.2) is 57.3 Å². The van der Waals surface area contributed by atoms with Gasteiger partial charge in [-0.1, -0.05) is 50.2 Å². The third-order valence-electron chi connectivity index (χ3n) is 7.08. The standard InChI is InChI=1S/C30H45N5O5S/c1-21(2)24(17-23-11-12-27(39-4)28(18-23)40-16-8-15-38-3)19-25(31)26(36)20-33-30-29(34-41(37)35-30)32-14-13-22-9-6-5-7-10-22/h5-7,9-12,18,21,24-26,36H,8,13-17,19-20,31H2,1-4H3,(H,32,34)(H,33,35)/t24?,25-,26?,41?/m0/s1. The molecule has 0 bridgehead atoms. The molecule has 3 rings (SSSR count). The van der Waals surface area contributed by atoms with Crippen LogP contribution in [0.3, 0.4) is 0 Å². The zero-order valence-corrected chi connectivity index (χ0v) is 25.4. The number of rotatable bonds is 17. The van der Waals surface area contributed by atoms with Crippen LogP contribution in [0, 0.1) is 11.8 Å². The summed E-state index contributed by atoms with van der Waals surface area (Å²) in [5.41, 5.74) is 8.79. The predicted molar refractivity (Wildman–Crippen MR) is 165 cm³/mol. The molecule has 0 amide bonds. The fourth-order valence-electron chi connectivity index (χ4n) is 4.56. The molecule has 5 N–H and O–H groups in total. The number of nitrogens with one attached hydrogen (secondary N) is 2. The summed E-state index contributed by atoms with van der Waals surface area (Å²) in [7, 11) is 3.31. The van der Waals surface area contributed by atoms with Crippen molar-refractivity contribution in [2.45, 2.75) is 51.7 Å². The number of ether oxygens (including phenoxy) is 3. The number of hydrogen-bond acceptors (Lipinski definition) is 8. The largest absolute Gasteiger partial charge is 0.493 e. The van der Waals surface area contributed by atoms with Crippen molar-refractivity contribution < 1.29 is 23.5 Å². The molecule has 0 aliphatic carbocycles. The molecule has 0 fully saturated rings. The first-order valence-corrected chi connectivity index (χ1v) is 15.2. The van der Waals surface area contributed by atoms with Gasteiger partial charge in [-0.15, -0.1) is 8.80 Å². The van der Waals surface area contributed by atoms with Gasteiger partial charge >= 0.3 is 0 Å². The van der Waals surface area contributed by atoms with Crippen LogP contribution in [0.25, 0.3) is 0 Å². The minimum atomic E-state index is -1.69. The van der Waals surface area contributed by atoms with E-state index in [4.69, 9.17) is 19.9 Å². The lowest BCUT2D eigenvalue weighted by atomic mass is 9.83. The van der Waals surface area contributed by atoms with Gasteiger partial charge in [0.05, 0.1) is 19.8 Å². The summed E-state index contributed by atoms with van der Waals surface area (Å²) in [5, 5.41) is 17.2. The molecule has 0 radical (unpaired) electrons. The third kappa shape index (κ3) is 10.7. The monoisotopic (exact) mass is 587 g/mol. The van der Waals surface area contributed by atoms with Crippen LogP contribution < -0.4 is 25.8 Å². The van der Waals surface area contributed by atoms with E-state index in [2.05, 4.69) is 45.4 Å². The zero-order valence-electron chi connectivity index (χ0n) is 24.5. The molecule has 10 nitrogen and oxygen atoms in total. The normalized spacial score (nSPS) is 17.0. The van der Waals surface area contributed by atoms with Gasteiger partial charge in [0, 0.05) is 39.3 Å². The van der Waals surface area contributed by atoms with Crippen molar-refractivity contribution in [3.63, 3.8) is 0 Å². The number of nitrogens with zero attached hydrogens (tertiary/aromatic N) is 2. The van der Waals surface area contributed by atoms with E-state index in [9.17, 15) is 9.32 Å². The Kier molecular flexibility index (Phi) is 13.5. The first-order chi connectivity index (χ1) is 19.8. The number of benzene rings is 2. The zero-order chi connectivity index (χ0) is 29.6.